The minimum absolute atomic E-state index is 0.690. The van der Waals surface area contributed by atoms with Crippen LogP contribution < -0.4 is 5.32 Å². The Hall–Kier alpha value is -1.01. The van der Waals surface area contributed by atoms with E-state index in [-0.39, 0.29) is 0 Å². The Morgan fingerprint density at radius 2 is 1.83 bits per heavy atom. The first-order valence-corrected chi connectivity index (χ1v) is 7.50. The molecule has 0 spiro atoms. The van der Waals surface area contributed by atoms with Crippen molar-refractivity contribution in [1.29, 1.82) is 5.26 Å². The van der Waals surface area contributed by atoms with Gasteiger partial charge in [0.25, 0.3) is 0 Å². The Morgan fingerprint density at radius 1 is 1.11 bits per heavy atom. The van der Waals surface area contributed by atoms with Crippen LogP contribution in [0.1, 0.15) is 51.0 Å². The molecule has 98 valence electrons. The van der Waals surface area contributed by atoms with Gasteiger partial charge in [-0.05, 0) is 24.6 Å². The molecule has 0 heterocycles. The van der Waals surface area contributed by atoms with Gasteiger partial charge in [0.05, 0.1) is 11.6 Å². The second kappa shape index (κ2) is 8.99. The van der Waals surface area contributed by atoms with Crippen LogP contribution in [0.2, 0.25) is 0 Å². The highest BCUT2D eigenvalue weighted by atomic mass is 79.9. The van der Waals surface area contributed by atoms with Gasteiger partial charge < -0.3 is 5.32 Å². The summed E-state index contributed by atoms with van der Waals surface area (Å²) < 4.78 is 0.951. The summed E-state index contributed by atoms with van der Waals surface area (Å²) in [6.45, 7) is 3.22. The third-order valence-electron chi connectivity index (χ3n) is 2.89. The Balaban J connectivity index is 2.23. The minimum Gasteiger partial charge on any atom is -0.385 e. The van der Waals surface area contributed by atoms with Gasteiger partial charge in [0.1, 0.15) is 0 Å². The van der Waals surface area contributed by atoms with Gasteiger partial charge >= 0.3 is 0 Å². The summed E-state index contributed by atoms with van der Waals surface area (Å²) >= 11 is 3.41. The quantitative estimate of drug-likeness (QED) is 0.679. The minimum atomic E-state index is 0.690. The van der Waals surface area contributed by atoms with E-state index in [2.05, 4.69) is 34.2 Å². The van der Waals surface area contributed by atoms with Gasteiger partial charge in [-0.2, -0.15) is 5.26 Å². The van der Waals surface area contributed by atoms with Crippen LogP contribution in [0.5, 0.6) is 0 Å². The maximum atomic E-state index is 8.88. The summed E-state index contributed by atoms with van der Waals surface area (Å²) in [5, 5.41) is 12.2. The van der Waals surface area contributed by atoms with Gasteiger partial charge in [-0.1, -0.05) is 55.0 Å². The SMILES string of the molecule is CCCCCCCCNc1cc(Br)cc(C#N)c1. The average molecular weight is 309 g/mol. The number of nitrogens with one attached hydrogen (secondary N) is 1. The molecule has 0 aliphatic rings. The molecule has 1 N–H and O–H groups in total. The molecule has 1 rings (SSSR count). The number of unbranched alkanes of at least 4 members (excludes halogenated alkanes) is 5. The number of rotatable bonds is 8. The molecule has 0 fully saturated rings. The molecular weight excluding hydrogens is 288 g/mol. The highest BCUT2D eigenvalue weighted by Gasteiger charge is 1.98. The van der Waals surface area contributed by atoms with E-state index in [1.807, 2.05) is 18.2 Å². The van der Waals surface area contributed by atoms with Gasteiger partial charge in [-0.25, -0.2) is 0 Å². The lowest BCUT2D eigenvalue weighted by molar-refractivity contribution is 0.617. The van der Waals surface area contributed by atoms with E-state index in [1.165, 1.54) is 38.5 Å². The lowest BCUT2D eigenvalue weighted by Crippen LogP contribution is -2.01. The zero-order valence-corrected chi connectivity index (χ0v) is 12.6. The predicted octanol–water partition coefficient (Wildman–Crippen LogP) is 5.09. The average Bonchev–Trinajstić information content (AvgIpc) is 2.37. The van der Waals surface area contributed by atoms with Crippen molar-refractivity contribution in [2.75, 3.05) is 11.9 Å². The predicted molar refractivity (Wildman–Crippen MR) is 80.7 cm³/mol. The molecule has 18 heavy (non-hydrogen) atoms. The number of anilines is 1. The summed E-state index contributed by atoms with van der Waals surface area (Å²) in [7, 11) is 0. The number of halogens is 1. The summed E-state index contributed by atoms with van der Waals surface area (Å²) in [5.41, 5.74) is 1.71. The van der Waals surface area contributed by atoms with E-state index in [1.54, 1.807) is 0 Å². The molecule has 1 aromatic carbocycles. The Kier molecular flexibility index (Phi) is 7.52. The van der Waals surface area contributed by atoms with Crippen molar-refractivity contribution in [3.05, 3.63) is 28.2 Å². The topological polar surface area (TPSA) is 35.8 Å². The van der Waals surface area contributed by atoms with Crippen LogP contribution in [0.3, 0.4) is 0 Å². The zero-order valence-electron chi connectivity index (χ0n) is 11.0. The highest BCUT2D eigenvalue weighted by molar-refractivity contribution is 9.10. The molecule has 0 saturated carbocycles. The van der Waals surface area contributed by atoms with Crippen molar-refractivity contribution in [3.8, 4) is 6.07 Å². The Morgan fingerprint density at radius 3 is 2.56 bits per heavy atom. The molecular formula is C15H21BrN2. The van der Waals surface area contributed by atoms with E-state index in [0.717, 1.165) is 16.7 Å². The normalized spacial score (nSPS) is 10.1. The van der Waals surface area contributed by atoms with Crippen molar-refractivity contribution >= 4 is 21.6 Å². The Labute approximate surface area is 119 Å². The van der Waals surface area contributed by atoms with Crippen LogP contribution in [0.25, 0.3) is 0 Å². The third kappa shape index (κ3) is 6.07. The summed E-state index contributed by atoms with van der Waals surface area (Å²) in [6.07, 6.45) is 7.81. The molecule has 0 atom stereocenters. The molecule has 0 amide bonds. The Bertz CT molecular complexity index is 396. The maximum absolute atomic E-state index is 8.88. The molecule has 0 aliphatic carbocycles. The van der Waals surface area contributed by atoms with Crippen LogP contribution in [0.15, 0.2) is 22.7 Å². The van der Waals surface area contributed by atoms with Crippen molar-refractivity contribution < 1.29 is 0 Å². The third-order valence-corrected chi connectivity index (χ3v) is 3.34. The summed E-state index contributed by atoms with van der Waals surface area (Å²) in [6, 6.07) is 7.89. The molecule has 0 aromatic heterocycles. The lowest BCUT2D eigenvalue weighted by atomic mass is 10.1. The summed E-state index contributed by atoms with van der Waals surface area (Å²) in [4.78, 5) is 0. The fraction of sp³-hybridized carbons (Fsp3) is 0.533. The molecule has 0 unspecified atom stereocenters. The maximum Gasteiger partial charge on any atom is 0.0992 e. The second-order valence-electron chi connectivity index (χ2n) is 4.53. The fourth-order valence-corrected chi connectivity index (χ4v) is 2.39. The second-order valence-corrected chi connectivity index (χ2v) is 5.45. The molecule has 0 aliphatic heterocycles. The van der Waals surface area contributed by atoms with Crippen molar-refractivity contribution in [2.45, 2.75) is 45.4 Å². The van der Waals surface area contributed by atoms with Gasteiger partial charge in [0, 0.05) is 16.7 Å². The lowest BCUT2D eigenvalue weighted by Gasteiger charge is -2.07. The van der Waals surface area contributed by atoms with Gasteiger partial charge in [-0.15, -0.1) is 0 Å². The summed E-state index contributed by atoms with van der Waals surface area (Å²) in [5.74, 6) is 0. The number of nitrogens with zero attached hydrogens (tertiary/aromatic N) is 1. The first-order valence-electron chi connectivity index (χ1n) is 6.71. The van der Waals surface area contributed by atoms with Crippen LogP contribution >= 0.6 is 15.9 Å². The number of hydrogen-bond acceptors (Lipinski definition) is 2. The smallest absolute Gasteiger partial charge is 0.0992 e. The van der Waals surface area contributed by atoms with Crippen molar-refractivity contribution in [3.63, 3.8) is 0 Å². The monoisotopic (exact) mass is 308 g/mol. The van der Waals surface area contributed by atoms with Crippen LogP contribution in [0, 0.1) is 11.3 Å². The fourth-order valence-electron chi connectivity index (χ4n) is 1.89. The number of nitriles is 1. The first kappa shape index (κ1) is 15.0. The molecule has 0 saturated heterocycles. The number of benzene rings is 1. The van der Waals surface area contributed by atoms with E-state index < -0.39 is 0 Å². The molecule has 2 nitrogen and oxygen atoms in total. The van der Waals surface area contributed by atoms with Gasteiger partial charge in [0.2, 0.25) is 0 Å². The van der Waals surface area contributed by atoms with Crippen LogP contribution in [-0.2, 0) is 0 Å². The van der Waals surface area contributed by atoms with Gasteiger partial charge in [-0.3, -0.25) is 0 Å². The standard InChI is InChI=1S/C15H21BrN2/c1-2-3-4-5-6-7-8-18-15-10-13(12-17)9-14(16)11-15/h9-11,18H,2-8H2,1H3. The molecule has 0 bridgehead atoms. The molecule has 0 radical (unpaired) electrons. The van der Waals surface area contributed by atoms with Crippen molar-refractivity contribution in [1.82, 2.24) is 0 Å². The van der Waals surface area contributed by atoms with Gasteiger partial charge in [0.15, 0.2) is 0 Å². The van der Waals surface area contributed by atoms with E-state index in [0.29, 0.717) is 5.56 Å². The van der Waals surface area contributed by atoms with E-state index >= 15 is 0 Å². The largest absolute Gasteiger partial charge is 0.385 e. The molecule has 3 heteroatoms. The first-order chi connectivity index (χ1) is 8.76. The highest BCUT2D eigenvalue weighted by Crippen LogP contribution is 2.19. The van der Waals surface area contributed by atoms with Crippen LogP contribution in [0.4, 0.5) is 5.69 Å². The van der Waals surface area contributed by atoms with Crippen LogP contribution in [-0.4, -0.2) is 6.54 Å². The van der Waals surface area contributed by atoms with E-state index in [9.17, 15) is 0 Å². The van der Waals surface area contributed by atoms with Crippen molar-refractivity contribution in [2.24, 2.45) is 0 Å². The van der Waals surface area contributed by atoms with E-state index in [4.69, 9.17) is 5.26 Å². The number of hydrogen-bond donors (Lipinski definition) is 1. The zero-order chi connectivity index (χ0) is 13.2. The molecule has 1 aromatic rings.